The van der Waals surface area contributed by atoms with Crippen LogP contribution in [0.15, 0.2) is 36.5 Å². The summed E-state index contributed by atoms with van der Waals surface area (Å²) < 4.78 is 5.34. The lowest BCUT2D eigenvalue weighted by molar-refractivity contribution is 0.0609. The fourth-order valence-electron chi connectivity index (χ4n) is 4.35. The molecule has 0 bridgehead atoms. The Labute approximate surface area is 195 Å². The van der Waals surface area contributed by atoms with Gasteiger partial charge in [0.25, 0.3) is 5.91 Å². The van der Waals surface area contributed by atoms with Crippen LogP contribution in [0, 0.1) is 13.8 Å². The Hall–Kier alpha value is -2.86. The van der Waals surface area contributed by atoms with Crippen molar-refractivity contribution in [3.8, 4) is 5.75 Å². The number of pyridine rings is 2. The molecule has 1 unspecified atom stereocenters. The van der Waals surface area contributed by atoms with E-state index in [1.54, 1.807) is 13.3 Å². The van der Waals surface area contributed by atoms with Gasteiger partial charge in [-0.1, -0.05) is 6.92 Å². The van der Waals surface area contributed by atoms with Gasteiger partial charge in [0.1, 0.15) is 5.75 Å². The third-order valence-corrected chi connectivity index (χ3v) is 6.15. The lowest BCUT2D eigenvalue weighted by Crippen LogP contribution is -2.43. The van der Waals surface area contributed by atoms with Crippen LogP contribution in [-0.4, -0.2) is 40.5 Å². The Morgan fingerprint density at radius 3 is 2.75 bits per heavy atom. The largest absolute Gasteiger partial charge is 0.497 e. The highest BCUT2D eigenvalue weighted by molar-refractivity contribution is 6.07. The molecular weight excluding hydrogens is 424 g/mol. The van der Waals surface area contributed by atoms with Gasteiger partial charge in [-0.05, 0) is 75.4 Å². The summed E-state index contributed by atoms with van der Waals surface area (Å²) in [6.45, 7) is 6.92. The van der Waals surface area contributed by atoms with E-state index < -0.39 is 0 Å². The number of hydrogen-bond donors (Lipinski definition) is 1. The Morgan fingerprint density at radius 2 is 2.03 bits per heavy atom. The van der Waals surface area contributed by atoms with Crippen molar-refractivity contribution in [2.45, 2.75) is 52.5 Å². The summed E-state index contributed by atoms with van der Waals surface area (Å²) in [5.41, 5.74) is 4.84. The smallest absolute Gasteiger partial charge is 0.257 e. The first-order valence-electron chi connectivity index (χ1n) is 11.0. The van der Waals surface area contributed by atoms with Crippen molar-refractivity contribution in [3.63, 3.8) is 0 Å². The van der Waals surface area contributed by atoms with Crippen LogP contribution in [0.3, 0.4) is 0 Å². The van der Waals surface area contributed by atoms with E-state index in [1.807, 2.05) is 49.1 Å². The molecule has 0 aliphatic carbocycles. The molecule has 1 amide bonds. The normalized spacial score (nSPS) is 15.9. The minimum atomic E-state index is 0. The fraction of sp³-hybridized carbons (Fsp3) is 0.400. The van der Waals surface area contributed by atoms with Crippen LogP contribution in [-0.2, 0) is 0 Å². The van der Waals surface area contributed by atoms with Crippen LogP contribution in [0.2, 0.25) is 0 Å². The number of benzene rings is 1. The fourth-order valence-corrected chi connectivity index (χ4v) is 4.35. The summed E-state index contributed by atoms with van der Waals surface area (Å²) in [4.78, 5) is 24.8. The van der Waals surface area contributed by atoms with E-state index in [0.29, 0.717) is 11.2 Å². The molecule has 1 saturated heterocycles. The Kier molecular flexibility index (Phi) is 7.56. The highest BCUT2D eigenvalue weighted by Crippen LogP contribution is 2.33. The van der Waals surface area contributed by atoms with Crippen LogP contribution in [0.5, 0.6) is 5.75 Å². The zero-order chi connectivity index (χ0) is 22.0. The number of fused-ring (bicyclic) bond motifs is 1. The van der Waals surface area contributed by atoms with Gasteiger partial charge in [0, 0.05) is 35.6 Å². The maximum Gasteiger partial charge on any atom is 0.257 e. The summed E-state index contributed by atoms with van der Waals surface area (Å²) in [5, 5.41) is 4.37. The summed E-state index contributed by atoms with van der Waals surface area (Å²) in [7, 11) is 1.66. The maximum absolute atomic E-state index is 13.7. The molecule has 7 heteroatoms. The number of piperidine rings is 1. The molecule has 1 N–H and O–H groups in total. The predicted molar refractivity (Wildman–Crippen MR) is 132 cm³/mol. The summed E-state index contributed by atoms with van der Waals surface area (Å²) in [5.74, 6) is 0.838. The minimum absolute atomic E-state index is 0. The number of carbonyl (C=O) groups is 1. The van der Waals surface area contributed by atoms with Crippen molar-refractivity contribution < 1.29 is 9.53 Å². The van der Waals surface area contributed by atoms with E-state index in [2.05, 4.69) is 22.2 Å². The molecule has 1 aliphatic heterocycles. The average Bonchev–Trinajstić information content (AvgIpc) is 2.79. The highest BCUT2D eigenvalue weighted by Gasteiger charge is 2.29. The zero-order valence-electron chi connectivity index (χ0n) is 19.1. The van der Waals surface area contributed by atoms with Crippen molar-refractivity contribution in [3.05, 3.63) is 53.3 Å². The number of nitrogens with zero attached hydrogens (tertiary/aromatic N) is 3. The molecule has 1 aromatic carbocycles. The van der Waals surface area contributed by atoms with Crippen molar-refractivity contribution in [2.75, 3.05) is 19.0 Å². The van der Waals surface area contributed by atoms with Gasteiger partial charge in [0.2, 0.25) is 0 Å². The lowest BCUT2D eigenvalue weighted by Gasteiger charge is -2.35. The molecule has 1 fully saturated rings. The van der Waals surface area contributed by atoms with Gasteiger partial charge < -0.3 is 15.0 Å². The second-order valence-electron chi connectivity index (χ2n) is 8.23. The van der Waals surface area contributed by atoms with Crippen molar-refractivity contribution >= 4 is 40.7 Å². The first-order chi connectivity index (χ1) is 15.0. The first kappa shape index (κ1) is 23.8. The number of anilines is 2. The van der Waals surface area contributed by atoms with Crippen LogP contribution in [0.4, 0.5) is 11.4 Å². The molecule has 3 aromatic rings. The number of ether oxygens (including phenoxy) is 1. The molecule has 3 heterocycles. The third-order valence-electron chi connectivity index (χ3n) is 6.15. The number of aryl methyl sites for hydroxylation is 2. The Bertz CT molecular complexity index is 1120. The van der Waals surface area contributed by atoms with Gasteiger partial charge in [-0.2, -0.15) is 0 Å². The first-order valence-corrected chi connectivity index (χ1v) is 11.0. The monoisotopic (exact) mass is 454 g/mol. The zero-order valence-corrected chi connectivity index (χ0v) is 20.0. The van der Waals surface area contributed by atoms with Crippen molar-refractivity contribution in [1.82, 2.24) is 14.9 Å². The van der Waals surface area contributed by atoms with Gasteiger partial charge in [0.15, 0.2) is 5.65 Å². The number of rotatable bonds is 5. The second kappa shape index (κ2) is 10.2. The number of methoxy groups -OCH3 is 1. The minimum Gasteiger partial charge on any atom is -0.497 e. The van der Waals surface area contributed by atoms with Crippen LogP contribution in [0.25, 0.3) is 11.0 Å². The van der Waals surface area contributed by atoms with E-state index in [1.165, 1.54) is 6.42 Å². The van der Waals surface area contributed by atoms with Gasteiger partial charge in [-0.15, -0.1) is 12.4 Å². The third kappa shape index (κ3) is 4.65. The number of likely N-dealkylation sites (tertiary alicyclic amines) is 1. The van der Waals surface area contributed by atoms with E-state index in [-0.39, 0.29) is 24.4 Å². The lowest BCUT2D eigenvalue weighted by atomic mass is 9.98. The number of nitrogens with one attached hydrogen (secondary N) is 1. The standard InChI is InChI=1S/C25H30N4O2.ClH/c1-5-18-8-6-7-13-29(18)25(30)21-15-26-24-20(11-9-17(3)27-24)23(21)28-22-12-10-19(31-4)14-16(22)2;/h9-12,14-15,18H,5-8,13H2,1-4H3,(H,26,27,28);1H. The number of amides is 1. The molecule has 170 valence electrons. The van der Waals surface area contributed by atoms with Crippen molar-refractivity contribution in [1.29, 1.82) is 0 Å². The van der Waals surface area contributed by atoms with E-state index in [9.17, 15) is 4.79 Å². The number of halogens is 1. The molecule has 6 nitrogen and oxygen atoms in total. The van der Waals surface area contributed by atoms with E-state index in [0.717, 1.165) is 59.6 Å². The average molecular weight is 455 g/mol. The quantitative estimate of drug-likeness (QED) is 0.525. The topological polar surface area (TPSA) is 67.4 Å². The van der Waals surface area contributed by atoms with Gasteiger partial charge >= 0.3 is 0 Å². The Balaban J connectivity index is 0.00000289. The molecule has 0 spiro atoms. The SMILES string of the molecule is CCC1CCCCN1C(=O)c1cnc2nc(C)ccc2c1Nc1ccc(OC)cc1C.Cl. The van der Waals surface area contributed by atoms with E-state index >= 15 is 0 Å². The second-order valence-corrected chi connectivity index (χ2v) is 8.23. The molecule has 32 heavy (non-hydrogen) atoms. The number of carbonyl (C=O) groups excluding carboxylic acids is 1. The molecular formula is C25H31ClN4O2. The molecule has 2 aromatic heterocycles. The van der Waals surface area contributed by atoms with Crippen LogP contribution >= 0.6 is 12.4 Å². The number of aromatic nitrogens is 2. The Morgan fingerprint density at radius 1 is 1.22 bits per heavy atom. The van der Waals surface area contributed by atoms with Gasteiger partial charge in [0.05, 0.1) is 18.4 Å². The maximum atomic E-state index is 13.7. The van der Waals surface area contributed by atoms with Gasteiger partial charge in [-0.25, -0.2) is 9.97 Å². The summed E-state index contributed by atoms with van der Waals surface area (Å²) in [6.07, 6.45) is 5.93. The van der Waals surface area contributed by atoms with Crippen LogP contribution in [0.1, 0.15) is 54.2 Å². The molecule has 0 saturated carbocycles. The molecule has 0 radical (unpaired) electrons. The number of hydrogen-bond acceptors (Lipinski definition) is 5. The predicted octanol–water partition coefficient (Wildman–Crippen LogP) is 5.83. The summed E-state index contributed by atoms with van der Waals surface area (Å²) in [6, 6.07) is 10.1. The van der Waals surface area contributed by atoms with Gasteiger partial charge in [-0.3, -0.25) is 4.79 Å². The molecule has 1 atom stereocenters. The summed E-state index contributed by atoms with van der Waals surface area (Å²) >= 11 is 0. The van der Waals surface area contributed by atoms with Crippen molar-refractivity contribution in [2.24, 2.45) is 0 Å². The van der Waals surface area contributed by atoms with E-state index in [4.69, 9.17) is 4.74 Å². The highest BCUT2D eigenvalue weighted by atomic mass is 35.5. The molecule has 4 rings (SSSR count). The molecule has 1 aliphatic rings. The van der Waals surface area contributed by atoms with Crippen LogP contribution < -0.4 is 10.1 Å².